The minimum atomic E-state index is 0.703. The van der Waals surface area contributed by atoms with Crippen molar-refractivity contribution in [2.75, 3.05) is 19.6 Å². The van der Waals surface area contributed by atoms with Crippen LogP contribution in [0, 0.1) is 18.3 Å². The van der Waals surface area contributed by atoms with Gasteiger partial charge in [0.25, 0.3) is 0 Å². The summed E-state index contributed by atoms with van der Waals surface area (Å²) in [6.07, 6.45) is 9.15. The van der Waals surface area contributed by atoms with Gasteiger partial charge < -0.3 is 5.73 Å². The monoisotopic (exact) mass is 242 g/mol. The Kier molecular flexibility index (Phi) is 4.81. The second-order valence-corrected chi connectivity index (χ2v) is 5.12. The lowest BCUT2D eigenvalue weighted by Gasteiger charge is -2.21. The van der Waals surface area contributed by atoms with Crippen molar-refractivity contribution in [3.05, 3.63) is 35.4 Å². The molecule has 1 aliphatic carbocycles. The first-order valence-electron chi connectivity index (χ1n) is 6.76. The number of hydrogen-bond donors (Lipinski definition) is 1. The van der Waals surface area contributed by atoms with Crippen LogP contribution < -0.4 is 5.73 Å². The van der Waals surface area contributed by atoms with E-state index < -0.39 is 0 Å². The first-order valence-corrected chi connectivity index (χ1v) is 6.76. The molecular weight excluding hydrogens is 220 g/mol. The zero-order valence-electron chi connectivity index (χ0n) is 10.9. The van der Waals surface area contributed by atoms with Gasteiger partial charge in [0.1, 0.15) is 0 Å². The maximum absolute atomic E-state index is 5.66. The van der Waals surface area contributed by atoms with E-state index in [9.17, 15) is 0 Å². The van der Waals surface area contributed by atoms with E-state index in [2.05, 4.69) is 35.1 Å². The minimum absolute atomic E-state index is 0.703. The summed E-state index contributed by atoms with van der Waals surface area (Å²) >= 11 is 0. The van der Waals surface area contributed by atoms with Crippen molar-refractivity contribution in [3.8, 4) is 12.3 Å². The molecule has 2 heteroatoms. The molecule has 0 saturated heterocycles. The first-order chi connectivity index (χ1) is 8.83. The predicted molar refractivity (Wildman–Crippen MR) is 76.0 cm³/mol. The van der Waals surface area contributed by atoms with E-state index >= 15 is 0 Å². The number of terminal acetylenes is 1. The van der Waals surface area contributed by atoms with E-state index in [1.165, 1.54) is 24.0 Å². The Labute approximate surface area is 110 Å². The SMILES string of the molecule is C#CCN(Cc1ccccc1CCN)CC1CC1. The highest BCUT2D eigenvalue weighted by atomic mass is 15.1. The smallest absolute Gasteiger partial charge is 0.0601 e. The van der Waals surface area contributed by atoms with E-state index in [0.717, 1.165) is 32.0 Å². The van der Waals surface area contributed by atoms with Crippen LogP contribution in [0.1, 0.15) is 24.0 Å². The lowest BCUT2D eigenvalue weighted by molar-refractivity contribution is 0.285. The van der Waals surface area contributed by atoms with Gasteiger partial charge in [-0.3, -0.25) is 4.90 Å². The average molecular weight is 242 g/mol. The first kappa shape index (κ1) is 13.1. The van der Waals surface area contributed by atoms with Crippen LogP contribution in [-0.2, 0) is 13.0 Å². The standard InChI is InChI=1S/C16H22N2/c1-2-11-18(12-14-7-8-14)13-16-6-4-3-5-15(16)9-10-17/h1,3-6,14H,7-13,17H2. The van der Waals surface area contributed by atoms with Crippen molar-refractivity contribution in [2.45, 2.75) is 25.8 Å². The lowest BCUT2D eigenvalue weighted by Crippen LogP contribution is -2.26. The minimum Gasteiger partial charge on any atom is -0.330 e. The van der Waals surface area contributed by atoms with Crippen LogP contribution >= 0.6 is 0 Å². The quantitative estimate of drug-likeness (QED) is 0.741. The Bertz CT molecular complexity index is 415. The van der Waals surface area contributed by atoms with Crippen LogP contribution in [0.4, 0.5) is 0 Å². The fourth-order valence-electron chi connectivity index (χ4n) is 2.33. The van der Waals surface area contributed by atoms with Gasteiger partial charge in [-0.1, -0.05) is 30.2 Å². The normalized spacial score (nSPS) is 14.7. The molecule has 18 heavy (non-hydrogen) atoms. The van der Waals surface area contributed by atoms with Crippen LogP contribution in [0.3, 0.4) is 0 Å². The highest BCUT2D eigenvalue weighted by molar-refractivity contribution is 5.27. The molecular formula is C16H22N2. The summed E-state index contributed by atoms with van der Waals surface area (Å²) in [5.41, 5.74) is 8.40. The van der Waals surface area contributed by atoms with Gasteiger partial charge in [0, 0.05) is 13.1 Å². The van der Waals surface area contributed by atoms with Gasteiger partial charge in [0.05, 0.1) is 6.54 Å². The summed E-state index contributed by atoms with van der Waals surface area (Å²) in [6, 6.07) is 8.55. The topological polar surface area (TPSA) is 29.3 Å². The lowest BCUT2D eigenvalue weighted by atomic mass is 10.0. The van der Waals surface area contributed by atoms with E-state index in [1.54, 1.807) is 0 Å². The molecule has 2 N–H and O–H groups in total. The van der Waals surface area contributed by atoms with E-state index in [0.29, 0.717) is 6.54 Å². The summed E-state index contributed by atoms with van der Waals surface area (Å²) in [4.78, 5) is 2.38. The molecule has 0 amide bonds. The Morgan fingerprint density at radius 2 is 2.00 bits per heavy atom. The van der Waals surface area contributed by atoms with E-state index in [-0.39, 0.29) is 0 Å². The molecule has 1 aliphatic rings. The Hall–Kier alpha value is -1.30. The van der Waals surface area contributed by atoms with E-state index in [1.807, 2.05) is 0 Å². The largest absolute Gasteiger partial charge is 0.330 e. The number of nitrogens with zero attached hydrogens (tertiary/aromatic N) is 1. The Morgan fingerprint density at radius 1 is 1.28 bits per heavy atom. The molecule has 0 radical (unpaired) electrons. The van der Waals surface area contributed by atoms with Crippen molar-refractivity contribution < 1.29 is 0 Å². The third-order valence-corrected chi connectivity index (χ3v) is 3.45. The van der Waals surface area contributed by atoms with Gasteiger partial charge in [-0.05, 0) is 42.9 Å². The molecule has 0 spiro atoms. The zero-order chi connectivity index (χ0) is 12.8. The van der Waals surface area contributed by atoms with E-state index in [4.69, 9.17) is 12.2 Å². The van der Waals surface area contributed by atoms with Gasteiger partial charge in [-0.25, -0.2) is 0 Å². The predicted octanol–water partition coefficient (Wildman–Crippen LogP) is 2.03. The number of nitrogens with two attached hydrogens (primary N) is 1. The summed E-state index contributed by atoms with van der Waals surface area (Å²) in [7, 11) is 0. The number of benzene rings is 1. The number of rotatable bonds is 7. The maximum Gasteiger partial charge on any atom is 0.0601 e. The summed E-state index contributed by atoms with van der Waals surface area (Å²) in [5, 5.41) is 0. The van der Waals surface area contributed by atoms with Crippen LogP contribution in [0.2, 0.25) is 0 Å². The van der Waals surface area contributed by atoms with Gasteiger partial charge in [-0.15, -0.1) is 6.42 Å². The molecule has 1 saturated carbocycles. The van der Waals surface area contributed by atoms with Crippen molar-refractivity contribution in [1.82, 2.24) is 4.90 Å². The zero-order valence-corrected chi connectivity index (χ0v) is 10.9. The summed E-state index contributed by atoms with van der Waals surface area (Å²) in [6.45, 7) is 3.54. The summed E-state index contributed by atoms with van der Waals surface area (Å²) < 4.78 is 0. The highest BCUT2D eigenvalue weighted by Gasteiger charge is 2.24. The van der Waals surface area contributed by atoms with Crippen molar-refractivity contribution in [1.29, 1.82) is 0 Å². The van der Waals surface area contributed by atoms with Gasteiger partial charge >= 0.3 is 0 Å². The Morgan fingerprint density at radius 3 is 2.61 bits per heavy atom. The molecule has 1 fully saturated rings. The van der Waals surface area contributed by atoms with Crippen LogP contribution in [0.5, 0.6) is 0 Å². The number of hydrogen-bond acceptors (Lipinski definition) is 2. The molecule has 0 aliphatic heterocycles. The van der Waals surface area contributed by atoms with Crippen LogP contribution in [0.25, 0.3) is 0 Å². The molecule has 0 heterocycles. The molecule has 0 atom stereocenters. The molecule has 0 bridgehead atoms. The average Bonchev–Trinajstić information content (AvgIpc) is 3.16. The maximum atomic E-state index is 5.66. The Balaban J connectivity index is 2.02. The molecule has 2 rings (SSSR count). The van der Waals surface area contributed by atoms with Gasteiger partial charge in [0.2, 0.25) is 0 Å². The summed E-state index contributed by atoms with van der Waals surface area (Å²) in [5.74, 6) is 3.65. The third kappa shape index (κ3) is 3.87. The molecule has 1 aromatic carbocycles. The third-order valence-electron chi connectivity index (χ3n) is 3.45. The molecule has 1 aromatic rings. The van der Waals surface area contributed by atoms with Crippen molar-refractivity contribution in [3.63, 3.8) is 0 Å². The second-order valence-electron chi connectivity index (χ2n) is 5.12. The molecule has 0 unspecified atom stereocenters. The molecule has 2 nitrogen and oxygen atoms in total. The van der Waals surface area contributed by atoms with Crippen molar-refractivity contribution >= 4 is 0 Å². The highest BCUT2D eigenvalue weighted by Crippen LogP contribution is 2.30. The van der Waals surface area contributed by atoms with Gasteiger partial charge in [0.15, 0.2) is 0 Å². The van der Waals surface area contributed by atoms with Gasteiger partial charge in [-0.2, -0.15) is 0 Å². The van der Waals surface area contributed by atoms with Crippen molar-refractivity contribution in [2.24, 2.45) is 11.7 Å². The van der Waals surface area contributed by atoms with Crippen LogP contribution in [-0.4, -0.2) is 24.5 Å². The fraction of sp³-hybridized carbons (Fsp3) is 0.500. The second kappa shape index (κ2) is 6.58. The fourth-order valence-corrected chi connectivity index (χ4v) is 2.33. The van der Waals surface area contributed by atoms with Crippen LogP contribution in [0.15, 0.2) is 24.3 Å². The molecule has 0 aromatic heterocycles. The molecule has 96 valence electrons.